The Labute approximate surface area is 194 Å². The number of rotatable bonds is 10. The lowest BCUT2D eigenvalue weighted by atomic mass is 10.2. The van der Waals surface area contributed by atoms with E-state index in [4.69, 9.17) is 9.72 Å². The smallest absolute Gasteiger partial charge is 0.242 e. The predicted octanol–water partition coefficient (Wildman–Crippen LogP) is 3.94. The fourth-order valence-corrected chi connectivity index (χ4v) is 5.88. The quantitative estimate of drug-likeness (QED) is 0.443. The monoisotopic (exact) mass is 476 g/mol. The third-order valence-corrected chi connectivity index (χ3v) is 8.51. The van der Waals surface area contributed by atoms with Gasteiger partial charge in [-0.1, -0.05) is 13.0 Å². The maximum absolute atomic E-state index is 12.6. The zero-order chi connectivity index (χ0) is 22.7. The van der Waals surface area contributed by atoms with Crippen LogP contribution in [-0.4, -0.2) is 60.5 Å². The number of ether oxygens (including phenoxy) is 1. The molecular formula is C23H32N4O3S2. The Balaban J connectivity index is 1.67. The van der Waals surface area contributed by atoms with Crippen molar-refractivity contribution >= 4 is 32.4 Å². The molecule has 0 saturated carbocycles. The molecule has 0 bridgehead atoms. The van der Waals surface area contributed by atoms with Gasteiger partial charge in [0.1, 0.15) is 5.82 Å². The van der Waals surface area contributed by atoms with Gasteiger partial charge in [-0.05, 0) is 48.9 Å². The van der Waals surface area contributed by atoms with Gasteiger partial charge >= 0.3 is 0 Å². The van der Waals surface area contributed by atoms with Crippen molar-refractivity contribution in [2.45, 2.75) is 56.8 Å². The molecule has 0 amide bonds. The predicted molar refractivity (Wildman–Crippen MR) is 128 cm³/mol. The molecule has 1 aliphatic heterocycles. The van der Waals surface area contributed by atoms with Crippen molar-refractivity contribution in [2.75, 3.05) is 27.2 Å². The molecule has 0 radical (unpaired) electrons. The number of imidazole rings is 1. The van der Waals surface area contributed by atoms with E-state index in [1.165, 1.54) is 9.18 Å². The standard InChI is InChI=1S/C23H32N4O3S2/c1-4-11-27-22-10-9-20(32(28,29)25(2)3)14-21(22)24-23(27)17-26(15-18-7-5-12-30-18)16-19-8-6-13-31-19/h6,8-10,13-14,18H,4-5,7,11-12,15-17H2,1-3H3/t18-/m1/s1. The maximum atomic E-state index is 12.6. The molecule has 3 heterocycles. The van der Waals surface area contributed by atoms with Crippen LogP contribution in [0.1, 0.15) is 36.9 Å². The largest absolute Gasteiger partial charge is 0.377 e. The van der Waals surface area contributed by atoms with Gasteiger partial charge in [-0.2, -0.15) is 0 Å². The molecule has 9 heteroatoms. The second kappa shape index (κ2) is 10.0. The summed E-state index contributed by atoms with van der Waals surface area (Å²) in [7, 11) is -0.399. The normalized spacial score (nSPS) is 17.2. The zero-order valence-electron chi connectivity index (χ0n) is 19.0. The Bertz CT molecular complexity index is 1130. The third kappa shape index (κ3) is 5.07. The number of aromatic nitrogens is 2. The Hall–Kier alpha value is -1.78. The first kappa shape index (κ1) is 23.4. The number of nitrogens with zero attached hydrogens (tertiary/aromatic N) is 4. The van der Waals surface area contributed by atoms with Crippen LogP contribution in [0, 0.1) is 0 Å². The van der Waals surface area contributed by atoms with E-state index in [1.807, 2.05) is 6.07 Å². The van der Waals surface area contributed by atoms with Gasteiger partial charge in [0.05, 0.1) is 28.6 Å². The summed E-state index contributed by atoms with van der Waals surface area (Å²) in [5, 5.41) is 2.11. The maximum Gasteiger partial charge on any atom is 0.242 e. The molecule has 7 nitrogen and oxygen atoms in total. The van der Waals surface area contributed by atoms with Gasteiger partial charge < -0.3 is 9.30 Å². The molecule has 0 spiro atoms. The molecular weight excluding hydrogens is 444 g/mol. The van der Waals surface area contributed by atoms with Crippen molar-refractivity contribution in [3.8, 4) is 0 Å². The molecule has 1 fully saturated rings. The van der Waals surface area contributed by atoms with Gasteiger partial charge in [-0.3, -0.25) is 4.90 Å². The first-order valence-electron chi connectivity index (χ1n) is 11.2. The number of hydrogen-bond acceptors (Lipinski definition) is 6. The van der Waals surface area contributed by atoms with Crippen LogP contribution in [0.25, 0.3) is 11.0 Å². The molecule has 4 rings (SSSR count). The van der Waals surface area contributed by atoms with Crippen LogP contribution in [0.3, 0.4) is 0 Å². The Morgan fingerprint density at radius 2 is 2.09 bits per heavy atom. The van der Waals surface area contributed by atoms with Crippen LogP contribution in [-0.2, 0) is 34.4 Å². The molecule has 3 aromatic rings. The molecule has 0 aliphatic carbocycles. The zero-order valence-corrected chi connectivity index (χ0v) is 20.7. The minimum atomic E-state index is -3.50. The number of thiophene rings is 1. The Morgan fingerprint density at radius 3 is 2.75 bits per heavy atom. The van der Waals surface area contributed by atoms with Gasteiger partial charge in [0.15, 0.2) is 0 Å². The Morgan fingerprint density at radius 1 is 1.25 bits per heavy atom. The van der Waals surface area contributed by atoms with Crippen molar-refractivity contribution in [3.63, 3.8) is 0 Å². The minimum absolute atomic E-state index is 0.260. The topological polar surface area (TPSA) is 67.7 Å². The van der Waals surface area contributed by atoms with E-state index < -0.39 is 10.0 Å². The SMILES string of the molecule is CCCn1c(CN(Cc2cccs2)C[C@H]2CCCO2)nc2cc(S(=O)(=O)N(C)C)ccc21. The summed E-state index contributed by atoms with van der Waals surface area (Å²) < 4.78 is 34.6. The van der Waals surface area contributed by atoms with E-state index in [0.717, 1.165) is 62.4 Å². The summed E-state index contributed by atoms with van der Waals surface area (Å²) in [5.41, 5.74) is 1.71. The van der Waals surface area contributed by atoms with Crippen LogP contribution in [0.5, 0.6) is 0 Å². The van der Waals surface area contributed by atoms with E-state index in [1.54, 1.807) is 37.6 Å². The summed E-state index contributed by atoms with van der Waals surface area (Å²) in [6.07, 6.45) is 3.45. The van der Waals surface area contributed by atoms with Crippen LogP contribution in [0.4, 0.5) is 0 Å². The van der Waals surface area contributed by atoms with E-state index in [9.17, 15) is 8.42 Å². The molecule has 0 unspecified atom stereocenters. The van der Waals surface area contributed by atoms with Crippen LogP contribution in [0.2, 0.25) is 0 Å². The molecule has 1 atom stereocenters. The summed E-state index contributed by atoms with van der Waals surface area (Å²) in [4.78, 5) is 8.91. The van der Waals surface area contributed by atoms with Gasteiger partial charge in [0, 0.05) is 45.2 Å². The number of fused-ring (bicyclic) bond motifs is 1. The highest BCUT2D eigenvalue weighted by molar-refractivity contribution is 7.89. The second-order valence-corrected chi connectivity index (χ2v) is 11.7. The van der Waals surface area contributed by atoms with Crippen molar-refractivity contribution in [1.29, 1.82) is 0 Å². The average Bonchev–Trinajstić information content (AvgIpc) is 3.51. The van der Waals surface area contributed by atoms with Crippen LogP contribution >= 0.6 is 11.3 Å². The Kier molecular flexibility index (Phi) is 7.31. The summed E-state index contributed by atoms with van der Waals surface area (Å²) in [5.74, 6) is 0.968. The van der Waals surface area contributed by atoms with Crippen molar-refractivity contribution < 1.29 is 13.2 Å². The number of aryl methyl sites for hydroxylation is 1. The summed E-state index contributed by atoms with van der Waals surface area (Å²) in [6, 6.07) is 9.53. The fraction of sp³-hybridized carbons (Fsp3) is 0.522. The molecule has 1 aliphatic rings. The fourth-order valence-electron chi connectivity index (χ4n) is 4.21. The number of hydrogen-bond donors (Lipinski definition) is 0. The molecule has 1 aromatic carbocycles. The van der Waals surface area contributed by atoms with Gasteiger partial charge in [-0.25, -0.2) is 17.7 Å². The van der Waals surface area contributed by atoms with E-state index >= 15 is 0 Å². The van der Waals surface area contributed by atoms with Gasteiger partial charge in [0.25, 0.3) is 0 Å². The second-order valence-electron chi connectivity index (χ2n) is 8.50. The lowest BCUT2D eigenvalue weighted by molar-refractivity contribution is 0.0670. The van der Waals surface area contributed by atoms with Crippen molar-refractivity contribution in [1.82, 2.24) is 18.8 Å². The molecule has 0 N–H and O–H groups in total. The highest BCUT2D eigenvalue weighted by atomic mass is 32.2. The summed E-state index contributed by atoms with van der Waals surface area (Å²) >= 11 is 1.77. The van der Waals surface area contributed by atoms with Crippen molar-refractivity contribution in [2.24, 2.45) is 0 Å². The number of benzene rings is 1. The lowest BCUT2D eigenvalue weighted by Crippen LogP contribution is -2.32. The lowest BCUT2D eigenvalue weighted by Gasteiger charge is -2.24. The molecule has 1 saturated heterocycles. The first-order valence-corrected chi connectivity index (χ1v) is 13.5. The van der Waals surface area contributed by atoms with Crippen LogP contribution < -0.4 is 0 Å². The highest BCUT2D eigenvalue weighted by Gasteiger charge is 2.23. The number of sulfonamides is 1. The van der Waals surface area contributed by atoms with Gasteiger partial charge in [0.2, 0.25) is 10.0 Å². The summed E-state index contributed by atoms with van der Waals surface area (Å²) in [6.45, 7) is 6.26. The minimum Gasteiger partial charge on any atom is -0.377 e. The average molecular weight is 477 g/mol. The van der Waals surface area contributed by atoms with E-state index in [2.05, 4.69) is 33.9 Å². The molecule has 2 aromatic heterocycles. The molecule has 32 heavy (non-hydrogen) atoms. The first-order chi connectivity index (χ1) is 15.4. The third-order valence-electron chi connectivity index (χ3n) is 5.83. The van der Waals surface area contributed by atoms with Crippen molar-refractivity contribution in [3.05, 3.63) is 46.4 Å². The van der Waals surface area contributed by atoms with E-state index in [-0.39, 0.29) is 11.0 Å². The van der Waals surface area contributed by atoms with Crippen LogP contribution in [0.15, 0.2) is 40.6 Å². The molecule has 174 valence electrons. The van der Waals surface area contributed by atoms with Gasteiger partial charge in [-0.15, -0.1) is 11.3 Å². The highest BCUT2D eigenvalue weighted by Crippen LogP contribution is 2.25. The van der Waals surface area contributed by atoms with E-state index in [0.29, 0.717) is 6.54 Å².